The van der Waals surface area contributed by atoms with Gasteiger partial charge in [-0.15, -0.1) is 11.6 Å². The van der Waals surface area contributed by atoms with E-state index in [4.69, 9.17) is 11.6 Å². The summed E-state index contributed by atoms with van der Waals surface area (Å²) in [5, 5.41) is 0. The summed E-state index contributed by atoms with van der Waals surface area (Å²) in [5.41, 5.74) is 0. The Bertz CT molecular complexity index is 196. The third kappa shape index (κ3) is 4.23. The third-order valence-electron chi connectivity index (χ3n) is 3.85. The van der Waals surface area contributed by atoms with Crippen LogP contribution in [0.3, 0.4) is 0 Å². The molecule has 1 aliphatic heterocycles. The highest BCUT2D eigenvalue weighted by atomic mass is 35.5. The molecule has 16 heavy (non-hydrogen) atoms. The van der Waals surface area contributed by atoms with Crippen LogP contribution in [0.25, 0.3) is 0 Å². The van der Waals surface area contributed by atoms with Crippen LogP contribution in [0.15, 0.2) is 0 Å². The van der Waals surface area contributed by atoms with Gasteiger partial charge in [-0.25, -0.2) is 0 Å². The van der Waals surface area contributed by atoms with E-state index in [9.17, 15) is 0 Å². The summed E-state index contributed by atoms with van der Waals surface area (Å²) in [6.07, 6.45) is 2.45. The van der Waals surface area contributed by atoms with Gasteiger partial charge in [-0.05, 0) is 45.3 Å². The number of likely N-dealkylation sites (tertiary alicyclic amines) is 1. The van der Waals surface area contributed by atoms with Crippen LogP contribution in [-0.2, 0) is 0 Å². The number of halogens is 1. The molecule has 3 atom stereocenters. The molecule has 0 N–H and O–H groups in total. The third-order valence-corrected chi connectivity index (χ3v) is 4.07. The molecule has 96 valence electrons. The van der Waals surface area contributed by atoms with Crippen molar-refractivity contribution in [2.24, 2.45) is 11.8 Å². The summed E-state index contributed by atoms with van der Waals surface area (Å²) < 4.78 is 0. The molecule has 0 aromatic carbocycles. The van der Waals surface area contributed by atoms with Crippen LogP contribution >= 0.6 is 11.6 Å². The fourth-order valence-electron chi connectivity index (χ4n) is 2.64. The Balaban J connectivity index is 2.25. The van der Waals surface area contributed by atoms with Crippen molar-refractivity contribution in [3.05, 3.63) is 0 Å². The summed E-state index contributed by atoms with van der Waals surface area (Å²) >= 11 is 5.76. The van der Waals surface area contributed by atoms with Crippen molar-refractivity contribution >= 4 is 11.6 Å². The van der Waals surface area contributed by atoms with E-state index in [1.165, 1.54) is 26.1 Å². The molecule has 0 saturated carbocycles. The van der Waals surface area contributed by atoms with Crippen LogP contribution in [0.5, 0.6) is 0 Å². The van der Waals surface area contributed by atoms with E-state index in [-0.39, 0.29) is 0 Å². The zero-order chi connectivity index (χ0) is 12.1. The summed E-state index contributed by atoms with van der Waals surface area (Å²) in [4.78, 5) is 4.98. The largest absolute Gasteiger partial charge is 0.305 e. The molecule has 1 rings (SSSR count). The molecule has 0 bridgehead atoms. The van der Waals surface area contributed by atoms with Crippen molar-refractivity contribution in [2.45, 2.75) is 32.7 Å². The van der Waals surface area contributed by atoms with Crippen LogP contribution in [0, 0.1) is 11.8 Å². The smallest absolute Gasteiger partial charge is 0.0254 e. The van der Waals surface area contributed by atoms with E-state index in [1.54, 1.807) is 0 Å². The Morgan fingerprint density at radius 2 is 2.00 bits per heavy atom. The molecule has 2 nitrogen and oxygen atoms in total. The lowest BCUT2D eigenvalue weighted by Crippen LogP contribution is -2.34. The number of nitrogens with zero attached hydrogens (tertiary/aromatic N) is 2. The van der Waals surface area contributed by atoms with E-state index < -0.39 is 0 Å². The van der Waals surface area contributed by atoms with Crippen LogP contribution in [0.4, 0.5) is 0 Å². The molecule has 3 unspecified atom stereocenters. The fourth-order valence-corrected chi connectivity index (χ4v) is 3.01. The van der Waals surface area contributed by atoms with Gasteiger partial charge in [-0.1, -0.05) is 13.8 Å². The normalized spacial score (nSPS) is 28.9. The van der Waals surface area contributed by atoms with Gasteiger partial charge < -0.3 is 9.80 Å². The van der Waals surface area contributed by atoms with Crippen molar-refractivity contribution in [3.63, 3.8) is 0 Å². The Labute approximate surface area is 106 Å². The molecular formula is C13H27ClN2. The first-order valence-corrected chi connectivity index (χ1v) is 7.02. The highest BCUT2D eigenvalue weighted by Crippen LogP contribution is 2.21. The van der Waals surface area contributed by atoms with E-state index in [2.05, 4.69) is 37.7 Å². The molecule has 0 aromatic heterocycles. The lowest BCUT2D eigenvalue weighted by Gasteiger charge is -2.23. The summed E-state index contributed by atoms with van der Waals surface area (Å²) in [6, 6.07) is 0.739. The van der Waals surface area contributed by atoms with E-state index in [1.807, 2.05) is 0 Å². The number of hydrogen-bond donors (Lipinski definition) is 0. The standard InChI is InChI=1S/C13H27ClN2/c1-11(5-7-14)6-8-16-9-12(2)13(10-16)15(3)4/h11-13H,5-10H2,1-4H3. The number of alkyl halides is 1. The van der Waals surface area contributed by atoms with Crippen LogP contribution in [-0.4, -0.2) is 55.5 Å². The van der Waals surface area contributed by atoms with Crippen molar-refractivity contribution in [3.8, 4) is 0 Å². The predicted molar refractivity (Wildman–Crippen MR) is 72.2 cm³/mol. The Hall–Kier alpha value is 0.210. The quantitative estimate of drug-likeness (QED) is 0.665. The molecule has 0 aromatic rings. The minimum absolute atomic E-state index is 0.739. The summed E-state index contributed by atoms with van der Waals surface area (Å²) in [7, 11) is 4.39. The van der Waals surface area contributed by atoms with Gasteiger partial charge >= 0.3 is 0 Å². The highest BCUT2D eigenvalue weighted by molar-refractivity contribution is 6.17. The highest BCUT2D eigenvalue weighted by Gasteiger charge is 2.30. The Kier molecular flexibility index (Phi) is 6.09. The van der Waals surface area contributed by atoms with E-state index in [0.717, 1.165) is 30.2 Å². The zero-order valence-corrected chi connectivity index (χ0v) is 12.0. The van der Waals surface area contributed by atoms with Gasteiger partial charge in [0, 0.05) is 25.0 Å². The van der Waals surface area contributed by atoms with E-state index in [0.29, 0.717) is 0 Å². The average Bonchev–Trinajstić information content (AvgIpc) is 2.57. The first kappa shape index (κ1) is 14.3. The molecule has 3 heteroatoms. The first-order chi connectivity index (χ1) is 7.54. The second kappa shape index (κ2) is 6.83. The second-order valence-electron chi connectivity index (χ2n) is 5.64. The molecule has 0 aliphatic carbocycles. The minimum Gasteiger partial charge on any atom is -0.305 e. The first-order valence-electron chi connectivity index (χ1n) is 6.49. The lowest BCUT2D eigenvalue weighted by molar-refractivity contribution is 0.247. The number of likely N-dealkylation sites (N-methyl/N-ethyl adjacent to an activating group) is 1. The van der Waals surface area contributed by atoms with Gasteiger partial charge in [-0.3, -0.25) is 0 Å². The zero-order valence-electron chi connectivity index (χ0n) is 11.2. The van der Waals surface area contributed by atoms with Gasteiger partial charge in [0.2, 0.25) is 0 Å². The molecule has 1 fully saturated rings. The Morgan fingerprint density at radius 1 is 1.31 bits per heavy atom. The average molecular weight is 247 g/mol. The lowest BCUT2D eigenvalue weighted by atomic mass is 10.1. The van der Waals surface area contributed by atoms with Crippen LogP contribution < -0.4 is 0 Å². The Morgan fingerprint density at radius 3 is 2.50 bits per heavy atom. The molecule has 1 aliphatic rings. The van der Waals surface area contributed by atoms with Crippen molar-refractivity contribution in [2.75, 3.05) is 39.6 Å². The summed E-state index contributed by atoms with van der Waals surface area (Å²) in [5.74, 6) is 2.38. The van der Waals surface area contributed by atoms with Crippen molar-refractivity contribution < 1.29 is 0 Å². The van der Waals surface area contributed by atoms with Gasteiger partial charge in [0.1, 0.15) is 0 Å². The minimum atomic E-state index is 0.739. The SMILES string of the molecule is CC(CCCl)CCN1CC(C)C(N(C)C)C1. The maximum absolute atomic E-state index is 5.76. The van der Waals surface area contributed by atoms with E-state index >= 15 is 0 Å². The van der Waals surface area contributed by atoms with Gasteiger partial charge in [0.05, 0.1) is 0 Å². The van der Waals surface area contributed by atoms with Crippen molar-refractivity contribution in [1.82, 2.24) is 9.80 Å². The molecule has 1 heterocycles. The summed E-state index contributed by atoms with van der Waals surface area (Å²) in [6.45, 7) is 8.42. The molecule has 0 radical (unpaired) electrons. The second-order valence-corrected chi connectivity index (χ2v) is 6.02. The van der Waals surface area contributed by atoms with Crippen LogP contribution in [0.2, 0.25) is 0 Å². The molecule has 1 saturated heterocycles. The van der Waals surface area contributed by atoms with Crippen LogP contribution in [0.1, 0.15) is 26.7 Å². The molecule has 0 spiro atoms. The maximum atomic E-state index is 5.76. The number of hydrogen-bond acceptors (Lipinski definition) is 2. The topological polar surface area (TPSA) is 6.48 Å². The van der Waals surface area contributed by atoms with Crippen molar-refractivity contribution in [1.29, 1.82) is 0 Å². The predicted octanol–water partition coefficient (Wildman–Crippen LogP) is 2.52. The van der Waals surface area contributed by atoms with Gasteiger partial charge in [-0.2, -0.15) is 0 Å². The molecular weight excluding hydrogens is 220 g/mol. The molecule has 0 amide bonds. The van der Waals surface area contributed by atoms with Gasteiger partial charge in [0.25, 0.3) is 0 Å². The monoisotopic (exact) mass is 246 g/mol. The van der Waals surface area contributed by atoms with Gasteiger partial charge in [0.15, 0.2) is 0 Å². The number of rotatable bonds is 6. The maximum Gasteiger partial charge on any atom is 0.0254 e. The fraction of sp³-hybridized carbons (Fsp3) is 1.00.